The van der Waals surface area contributed by atoms with E-state index in [1.165, 1.54) is 26.1 Å². The average Bonchev–Trinajstić information content (AvgIpc) is 2.34. The van der Waals surface area contributed by atoms with Gasteiger partial charge in [0, 0.05) is 11.6 Å². The average molecular weight is 170 g/mol. The summed E-state index contributed by atoms with van der Waals surface area (Å²) in [6, 6.07) is 0.729. The van der Waals surface area contributed by atoms with E-state index in [-0.39, 0.29) is 0 Å². The van der Waals surface area contributed by atoms with Gasteiger partial charge in [0.1, 0.15) is 0 Å². The lowest BCUT2D eigenvalue weighted by molar-refractivity contribution is 0.162. The molecule has 1 rings (SSSR count). The van der Waals surface area contributed by atoms with E-state index >= 15 is 0 Å². The molecule has 1 aliphatic heterocycles. The fourth-order valence-electron chi connectivity index (χ4n) is 2.31. The third-order valence-corrected chi connectivity index (χ3v) is 3.08. The van der Waals surface area contributed by atoms with E-state index in [1.54, 1.807) is 0 Å². The summed E-state index contributed by atoms with van der Waals surface area (Å²) in [7, 11) is 0. The molecule has 0 saturated carbocycles. The van der Waals surface area contributed by atoms with Crippen molar-refractivity contribution in [1.29, 1.82) is 0 Å². The zero-order valence-electron chi connectivity index (χ0n) is 8.85. The minimum atomic E-state index is 0.312. The summed E-state index contributed by atoms with van der Waals surface area (Å²) in [5, 5.41) is 3.55. The molecule has 1 atom stereocenters. The summed E-state index contributed by atoms with van der Waals surface area (Å²) >= 11 is 0. The summed E-state index contributed by atoms with van der Waals surface area (Å²) < 4.78 is 0. The maximum atomic E-state index is 3.55. The summed E-state index contributed by atoms with van der Waals surface area (Å²) in [5.41, 5.74) is 0.312. The van der Waals surface area contributed by atoms with Crippen LogP contribution in [0.1, 0.15) is 34.1 Å². The molecule has 2 nitrogen and oxygen atoms in total. The highest BCUT2D eigenvalue weighted by Gasteiger charge is 2.36. The largest absolute Gasteiger partial charge is 0.310 e. The lowest BCUT2D eigenvalue weighted by atomic mass is 9.95. The molecule has 1 N–H and O–H groups in total. The Morgan fingerprint density at radius 3 is 2.25 bits per heavy atom. The van der Waals surface area contributed by atoms with Crippen LogP contribution in [0.15, 0.2) is 0 Å². The maximum Gasteiger partial charge on any atom is 0.0284 e. The van der Waals surface area contributed by atoms with Gasteiger partial charge in [-0.2, -0.15) is 0 Å². The van der Waals surface area contributed by atoms with E-state index in [0.29, 0.717) is 5.54 Å². The summed E-state index contributed by atoms with van der Waals surface area (Å²) in [5.74, 6) is 0. The van der Waals surface area contributed by atoms with E-state index < -0.39 is 0 Å². The summed E-state index contributed by atoms with van der Waals surface area (Å²) in [6.45, 7) is 12.6. The van der Waals surface area contributed by atoms with Crippen LogP contribution in [0, 0.1) is 0 Å². The minimum Gasteiger partial charge on any atom is -0.310 e. The summed E-state index contributed by atoms with van der Waals surface area (Å²) in [6.07, 6.45) is 1.30. The molecule has 1 fully saturated rings. The Labute approximate surface area is 76.3 Å². The molecule has 2 heteroatoms. The fraction of sp³-hybridized carbons (Fsp3) is 1.00. The zero-order valence-corrected chi connectivity index (χ0v) is 8.85. The lowest BCUT2D eigenvalue weighted by Crippen LogP contribution is -2.50. The molecule has 72 valence electrons. The van der Waals surface area contributed by atoms with Crippen molar-refractivity contribution in [1.82, 2.24) is 10.2 Å². The van der Waals surface area contributed by atoms with Crippen molar-refractivity contribution in [3.63, 3.8) is 0 Å². The monoisotopic (exact) mass is 170 g/mol. The Hall–Kier alpha value is -0.0800. The second kappa shape index (κ2) is 3.75. The van der Waals surface area contributed by atoms with Crippen LogP contribution >= 0.6 is 0 Å². The van der Waals surface area contributed by atoms with Gasteiger partial charge in [0.05, 0.1) is 0 Å². The first-order valence-corrected chi connectivity index (χ1v) is 5.11. The second-order valence-corrected chi connectivity index (χ2v) is 4.17. The van der Waals surface area contributed by atoms with Gasteiger partial charge in [-0.1, -0.05) is 13.8 Å². The number of nitrogens with one attached hydrogen (secondary N) is 1. The highest BCUT2D eigenvalue weighted by Crippen LogP contribution is 2.23. The van der Waals surface area contributed by atoms with Crippen LogP contribution in [0.25, 0.3) is 0 Å². The number of hydrogen-bond donors (Lipinski definition) is 1. The van der Waals surface area contributed by atoms with Gasteiger partial charge in [-0.15, -0.1) is 0 Å². The standard InChI is InChI=1S/C10H22N2/c1-5-12(6-2)9-7-8-11-10(9,3)4/h9,11H,5-8H2,1-4H3. The van der Waals surface area contributed by atoms with E-state index in [1.807, 2.05) is 0 Å². The first-order chi connectivity index (χ1) is 5.61. The third kappa shape index (κ3) is 1.80. The van der Waals surface area contributed by atoms with Crippen molar-refractivity contribution in [3.8, 4) is 0 Å². The van der Waals surface area contributed by atoms with E-state index in [2.05, 4.69) is 37.9 Å². The highest BCUT2D eigenvalue weighted by atomic mass is 15.2. The van der Waals surface area contributed by atoms with Gasteiger partial charge in [-0.05, 0) is 39.9 Å². The van der Waals surface area contributed by atoms with E-state index in [4.69, 9.17) is 0 Å². The highest BCUT2D eigenvalue weighted by molar-refractivity contribution is 4.98. The van der Waals surface area contributed by atoms with Crippen LogP contribution in [-0.4, -0.2) is 36.1 Å². The molecule has 0 bridgehead atoms. The van der Waals surface area contributed by atoms with Gasteiger partial charge in [-0.25, -0.2) is 0 Å². The van der Waals surface area contributed by atoms with Crippen molar-refractivity contribution in [2.24, 2.45) is 0 Å². The van der Waals surface area contributed by atoms with Crippen LogP contribution in [0.5, 0.6) is 0 Å². The Balaban J connectivity index is 2.60. The Bertz CT molecular complexity index is 139. The lowest BCUT2D eigenvalue weighted by Gasteiger charge is -2.36. The zero-order chi connectivity index (χ0) is 9.19. The van der Waals surface area contributed by atoms with Gasteiger partial charge in [0.15, 0.2) is 0 Å². The van der Waals surface area contributed by atoms with Crippen LogP contribution < -0.4 is 5.32 Å². The first-order valence-electron chi connectivity index (χ1n) is 5.11. The fourth-order valence-corrected chi connectivity index (χ4v) is 2.31. The molecule has 0 aromatic heterocycles. The van der Waals surface area contributed by atoms with Crippen molar-refractivity contribution < 1.29 is 0 Å². The summed E-state index contributed by atoms with van der Waals surface area (Å²) in [4.78, 5) is 2.56. The number of hydrogen-bond acceptors (Lipinski definition) is 2. The number of nitrogens with zero attached hydrogens (tertiary/aromatic N) is 1. The molecular formula is C10H22N2. The topological polar surface area (TPSA) is 15.3 Å². The molecule has 0 aromatic carbocycles. The molecule has 0 aromatic rings. The molecule has 1 unspecified atom stereocenters. The van der Waals surface area contributed by atoms with Crippen molar-refractivity contribution in [2.45, 2.75) is 45.7 Å². The molecule has 0 amide bonds. The van der Waals surface area contributed by atoms with Gasteiger partial charge in [0.25, 0.3) is 0 Å². The third-order valence-electron chi connectivity index (χ3n) is 3.08. The quantitative estimate of drug-likeness (QED) is 0.690. The smallest absolute Gasteiger partial charge is 0.0284 e. The molecule has 0 spiro atoms. The van der Waals surface area contributed by atoms with Crippen molar-refractivity contribution in [2.75, 3.05) is 19.6 Å². The first kappa shape index (κ1) is 10.0. The SMILES string of the molecule is CCN(CC)C1CCNC1(C)C. The Morgan fingerprint density at radius 1 is 1.33 bits per heavy atom. The van der Waals surface area contributed by atoms with Crippen molar-refractivity contribution in [3.05, 3.63) is 0 Å². The van der Waals surface area contributed by atoms with Crippen molar-refractivity contribution >= 4 is 0 Å². The normalized spacial score (nSPS) is 28.2. The Kier molecular flexibility index (Phi) is 3.13. The Morgan fingerprint density at radius 2 is 1.92 bits per heavy atom. The maximum absolute atomic E-state index is 3.55. The molecule has 12 heavy (non-hydrogen) atoms. The van der Waals surface area contributed by atoms with Gasteiger partial charge < -0.3 is 5.32 Å². The number of likely N-dealkylation sites (N-methyl/N-ethyl adjacent to an activating group) is 1. The molecule has 1 saturated heterocycles. The van der Waals surface area contributed by atoms with Crippen LogP contribution in [-0.2, 0) is 0 Å². The predicted molar refractivity (Wildman–Crippen MR) is 53.4 cm³/mol. The second-order valence-electron chi connectivity index (χ2n) is 4.17. The molecule has 0 radical (unpaired) electrons. The molecular weight excluding hydrogens is 148 g/mol. The van der Waals surface area contributed by atoms with Crippen LogP contribution in [0.2, 0.25) is 0 Å². The van der Waals surface area contributed by atoms with Crippen LogP contribution in [0.3, 0.4) is 0 Å². The predicted octanol–water partition coefficient (Wildman–Crippen LogP) is 1.47. The van der Waals surface area contributed by atoms with E-state index in [9.17, 15) is 0 Å². The van der Waals surface area contributed by atoms with E-state index in [0.717, 1.165) is 6.04 Å². The number of rotatable bonds is 3. The molecule has 0 aliphatic carbocycles. The van der Waals surface area contributed by atoms with Gasteiger partial charge >= 0.3 is 0 Å². The van der Waals surface area contributed by atoms with Gasteiger partial charge in [-0.3, -0.25) is 4.90 Å². The minimum absolute atomic E-state index is 0.312. The molecule has 1 aliphatic rings. The molecule has 1 heterocycles. The van der Waals surface area contributed by atoms with Crippen LogP contribution in [0.4, 0.5) is 0 Å². The van der Waals surface area contributed by atoms with Gasteiger partial charge in [0.2, 0.25) is 0 Å².